The van der Waals surface area contributed by atoms with Crippen LogP contribution in [0.2, 0.25) is 0 Å². The van der Waals surface area contributed by atoms with Gasteiger partial charge < -0.3 is 15.7 Å². The standard InChI is InChI=1S/C11H13BrN2O2/c12-8-1-2-9(13)7(5-8)6-14-4-3-10(15)11(14)16/h1-2,5,10,15H,3-4,6,13H2/t10-/m1/s1. The summed E-state index contributed by atoms with van der Waals surface area (Å²) in [6.45, 7) is 1.05. The average molecular weight is 285 g/mol. The molecule has 0 saturated carbocycles. The Morgan fingerprint density at radius 3 is 2.94 bits per heavy atom. The third-order valence-corrected chi connectivity index (χ3v) is 3.23. The highest BCUT2D eigenvalue weighted by Gasteiger charge is 2.29. The molecule has 1 fully saturated rings. The van der Waals surface area contributed by atoms with Crippen LogP contribution in [0.1, 0.15) is 12.0 Å². The second-order valence-corrected chi connectivity index (χ2v) is 4.82. The summed E-state index contributed by atoms with van der Waals surface area (Å²) < 4.78 is 0.934. The summed E-state index contributed by atoms with van der Waals surface area (Å²) in [4.78, 5) is 13.2. The van der Waals surface area contributed by atoms with Crippen molar-refractivity contribution in [1.82, 2.24) is 4.90 Å². The van der Waals surface area contributed by atoms with Crippen LogP contribution >= 0.6 is 15.9 Å². The van der Waals surface area contributed by atoms with Crippen molar-refractivity contribution in [2.45, 2.75) is 19.1 Å². The van der Waals surface area contributed by atoms with Crippen LogP contribution < -0.4 is 5.73 Å². The molecule has 2 rings (SSSR count). The third kappa shape index (κ3) is 2.20. The van der Waals surface area contributed by atoms with Crippen LogP contribution in [0, 0.1) is 0 Å². The van der Waals surface area contributed by atoms with Gasteiger partial charge in [0.25, 0.3) is 5.91 Å². The molecule has 1 aliphatic heterocycles. The van der Waals surface area contributed by atoms with Gasteiger partial charge in [-0.1, -0.05) is 15.9 Å². The molecule has 3 N–H and O–H groups in total. The topological polar surface area (TPSA) is 66.6 Å². The number of hydrogen-bond donors (Lipinski definition) is 2. The third-order valence-electron chi connectivity index (χ3n) is 2.74. The van der Waals surface area contributed by atoms with Gasteiger partial charge in [0.2, 0.25) is 0 Å². The van der Waals surface area contributed by atoms with E-state index in [0.29, 0.717) is 25.2 Å². The van der Waals surface area contributed by atoms with Crippen molar-refractivity contribution in [3.63, 3.8) is 0 Å². The molecule has 1 atom stereocenters. The van der Waals surface area contributed by atoms with Crippen LogP contribution in [-0.4, -0.2) is 28.6 Å². The van der Waals surface area contributed by atoms with Gasteiger partial charge in [-0.15, -0.1) is 0 Å². The van der Waals surface area contributed by atoms with Gasteiger partial charge in [-0.3, -0.25) is 4.79 Å². The van der Waals surface area contributed by atoms with E-state index < -0.39 is 6.10 Å². The van der Waals surface area contributed by atoms with Crippen LogP contribution in [0.4, 0.5) is 5.69 Å². The Balaban J connectivity index is 2.15. The van der Waals surface area contributed by atoms with Crippen molar-refractivity contribution in [2.24, 2.45) is 0 Å². The highest BCUT2D eigenvalue weighted by Crippen LogP contribution is 2.22. The fourth-order valence-corrected chi connectivity index (χ4v) is 2.20. The van der Waals surface area contributed by atoms with Crippen molar-refractivity contribution in [1.29, 1.82) is 0 Å². The lowest BCUT2D eigenvalue weighted by Gasteiger charge is -2.17. The summed E-state index contributed by atoms with van der Waals surface area (Å²) in [6.07, 6.45) is -0.333. The first kappa shape index (κ1) is 11.4. The Morgan fingerprint density at radius 1 is 1.56 bits per heavy atom. The number of halogens is 1. The number of aliphatic hydroxyl groups is 1. The number of anilines is 1. The lowest BCUT2D eigenvalue weighted by atomic mass is 10.2. The first-order chi connectivity index (χ1) is 7.58. The van der Waals surface area contributed by atoms with Gasteiger partial charge in [-0.05, 0) is 30.2 Å². The van der Waals surface area contributed by atoms with E-state index in [-0.39, 0.29) is 5.91 Å². The van der Waals surface area contributed by atoms with Crippen molar-refractivity contribution >= 4 is 27.5 Å². The number of likely N-dealkylation sites (tertiary alicyclic amines) is 1. The predicted molar refractivity (Wildman–Crippen MR) is 64.6 cm³/mol. The monoisotopic (exact) mass is 284 g/mol. The molecule has 0 spiro atoms. The molecule has 0 radical (unpaired) electrons. The van der Waals surface area contributed by atoms with Gasteiger partial charge in [0.15, 0.2) is 0 Å². The minimum absolute atomic E-state index is 0.209. The van der Waals surface area contributed by atoms with Crippen molar-refractivity contribution in [3.05, 3.63) is 28.2 Å². The number of rotatable bonds is 2. The second kappa shape index (κ2) is 4.43. The van der Waals surface area contributed by atoms with E-state index in [1.54, 1.807) is 11.0 Å². The molecule has 1 aromatic rings. The maximum absolute atomic E-state index is 11.5. The van der Waals surface area contributed by atoms with Crippen LogP contribution in [0.15, 0.2) is 22.7 Å². The molecule has 16 heavy (non-hydrogen) atoms. The van der Waals surface area contributed by atoms with Gasteiger partial charge in [-0.2, -0.15) is 0 Å². The first-order valence-corrected chi connectivity index (χ1v) is 5.88. The van der Waals surface area contributed by atoms with Crippen molar-refractivity contribution in [2.75, 3.05) is 12.3 Å². The zero-order chi connectivity index (χ0) is 11.7. The lowest BCUT2D eigenvalue weighted by molar-refractivity contribution is -0.134. The number of benzene rings is 1. The molecular formula is C11H13BrN2O2. The minimum atomic E-state index is -0.839. The highest BCUT2D eigenvalue weighted by atomic mass is 79.9. The second-order valence-electron chi connectivity index (χ2n) is 3.91. The highest BCUT2D eigenvalue weighted by molar-refractivity contribution is 9.10. The first-order valence-electron chi connectivity index (χ1n) is 5.08. The summed E-state index contributed by atoms with van der Waals surface area (Å²) in [5, 5.41) is 9.34. The van der Waals surface area contributed by atoms with E-state index in [1.165, 1.54) is 0 Å². The quantitative estimate of drug-likeness (QED) is 0.800. The number of aliphatic hydroxyl groups excluding tert-OH is 1. The smallest absolute Gasteiger partial charge is 0.251 e. The number of hydrogen-bond acceptors (Lipinski definition) is 3. The van der Waals surface area contributed by atoms with E-state index in [0.717, 1.165) is 10.0 Å². The predicted octanol–water partition coefficient (Wildman–Crippen LogP) is 1.12. The molecule has 86 valence electrons. The molecule has 0 bridgehead atoms. The molecule has 1 aromatic carbocycles. The van der Waals surface area contributed by atoms with E-state index >= 15 is 0 Å². The molecule has 1 aliphatic rings. The summed E-state index contributed by atoms with van der Waals surface area (Å²) in [7, 11) is 0. The Labute approximate surface area is 102 Å². The Kier molecular flexibility index (Phi) is 3.16. The van der Waals surface area contributed by atoms with Gasteiger partial charge in [0.1, 0.15) is 6.10 Å². The van der Waals surface area contributed by atoms with Crippen molar-refractivity contribution in [3.8, 4) is 0 Å². The Morgan fingerprint density at radius 2 is 2.31 bits per heavy atom. The molecule has 0 unspecified atom stereocenters. The molecule has 1 heterocycles. The van der Waals surface area contributed by atoms with E-state index in [4.69, 9.17) is 5.73 Å². The van der Waals surface area contributed by atoms with E-state index in [2.05, 4.69) is 15.9 Å². The van der Waals surface area contributed by atoms with Gasteiger partial charge in [0.05, 0.1) is 0 Å². The maximum Gasteiger partial charge on any atom is 0.251 e. The lowest BCUT2D eigenvalue weighted by Crippen LogP contribution is -2.29. The SMILES string of the molecule is Nc1ccc(Br)cc1CN1CC[C@@H](O)C1=O. The molecular weight excluding hydrogens is 272 g/mol. The number of nitrogens with zero attached hydrogens (tertiary/aromatic N) is 1. The molecule has 5 heteroatoms. The number of amides is 1. The van der Waals surface area contributed by atoms with Gasteiger partial charge in [0, 0.05) is 23.2 Å². The summed E-state index contributed by atoms with van der Waals surface area (Å²) in [5.74, 6) is -0.209. The molecule has 4 nitrogen and oxygen atoms in total. The zero-order valence-corrected chi connectivity index (χ0v) is 10.3. The molecule has 1 saturated heterocycles. The average Bonchev–Trinajstić information content (AvgIpc) is 2.55. The summed E-state index contributed by atoms with van der Waals surface area (Å²) >= 11 is 3.36. The van der Waals surface area contributed by atoms with Crippen LogP contribution in [0.25, 0.3) is 0 Å². The summed E-state index contributed by atoms with van der Waals surface area (Å²) in [6, 6.07) is 5.56. The Bertz CT molecular complexity index is 422. The number of carbonyl (C=O) groups is 1. The summed E-state index contributed by atoms with van der Waals surface area (Å²) in [5.41, 5.74) is 7.39. The van der Waals surface area contributed by atoms with Crippen LogP contribution in [-0.2, 0) is 11.3 Å². The normalized spacial score (nSPS) is 20.5. The molecule has 0 aliphatic carbocycles. The van der Waals surface area contributed by atoms with Crippen LogP contribution in [0.5, 0.6) is 0 Å². The van der Waals surface area contributed by atoms with Gasteiger partial charge in [-0.25, -0.2) is 0 Å². The Hall–Kier alpha value is -1.07. The van der Waals surface area contributed by atoms with E-state index in [9.17, 15) is 9.90 Å². The molecule has 1 amide bonds. The maximum atomic E-state index is 11.5. The fraction of sp³-hybridized carbons (Fsp3) is 0.364. The van der Waals surface area contributed by atoms with Crippen molar-refractivity contribution < 1.29 is 9.90 Å². The molecule has 0 aromatic heterocycles. The minimum Gasteiger partial charge on any atom is -0.398 e. The number of carbonyl (C=O) groups excluding carboxylic acids is 1. The van der Waals surface area contributed by atoms with Crippen LogP contribution in [0.3, 0.4) is 0 Å². The number of nitrogen functional groups attached to an aromatic ring is 1. The number of nitrogens with two attached hydrogens (primary N) is 1. The zero-order valence-electron chi connectivity index (χ0n) is 8.69. The fourth-order valence-electron chi connectivity index (χ4n) is 1.80. The van der Waals surface area contributed by atoms with Gasteiger partial charge >= 0.3 is 0 Å². The van der Waals surface area contributed by atoms with E-state index in [1.807, 2.05) is 12.1 Å². The largest absolute Gasteiger partial charge is 0.398 e.